The summed E-state index contributed by atoms with van der Waals surface area (Å²) >= 11 is 0. The van der Waals surface area contributed by atoms with E-state index in [0.29, 0.717) is 5.82 Å². The van der Waals surface area contributed by atoms with Crippen LogP contribution in [-0.4, -0.2) is 0 Å². The van der Waals surface area contributed by atoms with Gasteiger partial charge in [0.1, 0.15) is 0 Å². The van der Waals surface area contributed by atoms with Gasteiger partial charge in [0.05, 0.1) is 12.0 Å². The molecule has 7 N–H and O–H groups in total. The molecule has 0 spiro atoms. The molecule has 3 nitrogen and oxygen atoms in total. The molecular formula is C7H16N3+. The van der Waals surface area contributed by atoms with E-state index in [4.69, 9.17) is 11.5 Å². The van der Waals surface area contributed by atoms with Crippen molar-refractivity contribution in [3.05, 3.63) is 23.7 Å². The standard InChI is InChI=1S/C7H15N3/c1-2-3-6(5-8)4-7(9)10/h4-5H,2-3,8-10H2,1H3/p+1. The van der Waals surface area contributed by atoms with Gasteiger partial charge in [0.2, 0.25) is 0 Å². The molecule has 0 heterocycles. The molecule has 0 atom stereocenters. The summed E-state index contributed by atoms with van der Waals surface area (Å²) in [6, 6.07) is 0. The maximum absolute atomic E-state index is 5.27. The first kappa shape index (κ1) is 9.04. The van der Waals surface area contributed by atoms with E-state index in [2.05, 4.69) is 12.7 Å². The summed E-state index contributed by atoms with van der Waals surface area (Å²) in [5.74, 6) is 0.350. The van der Waals surface area contributed by atoms with E-state index in [1.807, 2.05) is 0 Å². The fraction of sp³-hybridized carbons (Fsp3) is 0.429. The van der Waals surface area contributed by atoms with Gasteiger partial charge in [-0.2, -0.15) is 0 Å². The van der Waals surface area contributed by atoms with Gasteiger partial charge >= 0.3 is 0 Å². The van der Waals surface area contributed by atoms with Crippen LogP contribution in [0.15, 0.2) is 23.7 Å². The number of hydrogen-bond donors (Lipinski definition) is 3. The molecule has 0 aromatic rings. The molecule has 0 saturated heterocycles. The van der Waals surface area contributed by atoms with Gasteiger partial charge in [-0.1, -0.05) is 13.3 Å². The lowest BCUT2D eigenvalue weighted by Crippen LogP contribution is -2.40. The van der Waals surface area contributed by atoms with Crippen LogP contribution in [0.5, 0.6) is 0 Å². The summed E-state index contributed by atoms with van der Waals surface area (Å²) in [5.41, 5.74) is 15.3. The monoisotopic (exact) mass is 142 g/mol. The smallest absolute Gasteiger partial charge is 0.0942 e. The van der Waals surface area contributed by atoms with Crippen LogP contribution >= 0.6 is 0 Å². The number of rotatable bonds is 3. The molecule has 0 saturated carbocycles. The molecule has 0 bridgehead atoms. The zero-order valence-electron chi connectivity index (χ0n) is 6.43. The van der Waals surface area contributed by atoms with Crippen molar-refractivity contribution in [3.63, 3.8) is 0 Å². The lowest BCUT2D eigenvalue weighted by Gasteiger charge is -1.95. The molecule has 0 aromatic heterocycles. The molecule has 0 aromatic carbocycles. The summed E-state index contributed by atoms with van der Waals surface area (Å²) in [4.78, 5) is 0. The first-order valence-electron chi connectivity index (χ1n) is 3.41. The van der Waals surface area contributed by atoms with Crippen molar-refractivity contribution in [1.29, 1.82) is 0 Å². The Hall–Kier alpha value is -0.960. The van der Waals surface area contributed by atoms with Crippen LogP contribution in [-0.2, 0) is 0 Å². The van der Waals surface area contributed by atoms with Gasteiger partial charge in [-0.25, -0.2) is 0 Å². The van der Waals surface area contributed by atoms with E-state index in [-0.39, 0.29) is 0 Å². The Kier molecular flexibility index (Phi) is 4.41. The predicted molar refractivity (Wildman–Crippen MR) is 42.3 cm³/mol. The van der Waals surface area contributed by atoms with E-state index >= 15 is 0 Å². The van der Waals surface area contributed by atoms with E-state index in [9.17, 15) is 0 Å². The fourth-order valence-corrected chi connectivity index (χ4v) is 0.736. The van der Waals surface area contributed by atoms with Crippen molar-refractivity contribution in [2.24, 2.45) is 11.5 Å². The Morgan fingerprint density at radius 1 is 1.50 bits per heavy atom. The van der Waals surface area contributed by atoms with Crippen molar-refractivity contribution in [1.82, 2.24) is 0 Å². The Morgan fingerprint density at radius 2 is 2.10 bits per heavy atom. The normalized spacial score (nSPS) is 11.2. The topological polar surface area (TPSA) is 79.7 Å². The molecular weight excluding hydrogens is 126 g/mol. The van der Waals surface area contributed by atoms with Crippen molar-refractivity contribution in [2.75, 3.05) is 0 Å². The molecule has 0 radical (unpaired) electrons. The average Bonchev–Trinajstić information content (AvgIpc) is 1.86. The number of allylic oxidation sites excluding steroid dienone is 2. The summed E-state index contributed by atoms with van der Waals surface area (Å²) < 4.78 is 0. The molecule has 0 amide bonds. The van der Waals surface area contributed by atoms with Crippen LogP contribution in [0, 0.1) is 0 Å². The molecule has 0 fully saturated rings. The maximum Gasteiger partial charge on any atom is 0.0942 e. The molecule has 0 unspecified atom stereocenters. The van der Waals surface area contributed by atoms with Gasteiger partial charge in [-0.3, -0.25) is 0 Å². The summed E-state index contributed by atoms with van der Waals surface area (Å²) in [6.45, 7) is 2.10. The second kappa shape index (κ2) is 4.88. The second-order valence-corrected chi connectivity index (χ2v) is 2.17. The van der Waals surface area contributed by atoms with Gasteiger partial charge < -0.3 is 17.2 Å². The average molecular weight is 142 g/mol. The van der Waals surface area contributed by atoms with Crippen LogP contribution in [0.4, 0.5) is 0 Å². The van der Waals surface area contributed by atoms with Gasteiger partial charge in [-0.05, 0) is 12.5 Å². The minimum Gasteiger partial charge on any atom is -0.386 e. The lowest BCUT2D eigenvalue weighted by atomic mass is 10.1. The van der Waals surface area contributed by atoms with Gasteiger partial charge in [0.25, 0.3) is 0 Å². The third-order valence-corrected chi connectivity index (χ3v) is 1.15. The van der Waals surface area contributed by atoms with Crippen LogP contribution in [0.2, 0.25) is 0 Å². The van der Waals surface area contributed by atoms with E-state index in [0.717, 1.165) is 18.4 Å². The zero-order chi connectivity index (χ0) is 7.98. The summed E-state index contributed by atoms with van der Waals surface area (Å²) in [7, 11) is 0. The SMILES string of the molecule is CCCC(C=C(N)N)=C[NH3+]. The molecule has 10 heavy (non-hydrogen) atoms. The zero-order valence-corrected chi connectivity index (χ0v) is 6.43. The van der Waals surface area contributed by atoms with Crippen molar-refractivity contribution >= 4 is 0 Å². The molecule has 58 valence electrons. The van der Waals surface area contributed by atoms with Gasteiger partial charge in [0.15, 0.2) is 0 Å². The van der Waals surface area contributed by atoms with Crippen LogP contribution in [0.3, 0.4) is 0 Å². The minimum absolute atomic E-state index is 0.350. The van der Waals surface area contributed by atoms with E-state index < -0.39 is 0 Å². The first-order valence-corrected chi connectivity index (χ1v) is 3.41. The van der Waals surface area contributed by atoms with Crippen molar-refractivity contribution in [2.45, 2.75) is 19.8 Å². The maximum atomic E-state index is 5.27. The largest absolute Gasteiger partial charge is 0.386 e. The van der Waals surface area contributed by atoms with Gasteiger partial charge in [0, 0.05) is 5.57 Å². The highest BCUT2D eigenvalue weighted by atomic mass is 14.8. The number of hydrogen-bond acceptors (Lipinski definition) is 2. The lowest BCUT2D eigenvalue weighted by molar-refractivity contribution is -0.276. The predicted octanol–water partition coefficient (Wildman–Crippen LogP) is -0.329. The third kappa shape index (κ3) is 3.97. The summed E-state index contributed by atoms with van der Waals surface area (Å²) in [6.07, 6.45) is 5.60. The Labute approximate surface area is 61.6 Å². The van der Waals surface area contributed by atoms with Gasteiger partial charge in [-0.15, -0.1) is 0 Å². The summed E-state index contributed by atoms with van der Waals surface area (Å²) in [5, 5.41) is 0. The Morgan fingerprint density at radius 3 is 2.40 bits per heavy atom. The first-order chi connectivity index (χ1) is 4.70. The Bertz CT molecular complexity index is 143. The van der Waals surface area contributed by atoms with Crippen LogP contribution in [0.1, 0.15) is 19.8 Å². The highest BCUT2D eigenvalue weighted by molar-refractivity contribution is 5.18. The Balaban J connectivity index is 3.98. The molecule has 0 aliphatic carbocycles. The quantitative estimate of drug-likeness (QED) is 0.472. The van der Waals surface area contributed by atoms with Crippen molar-refractivity contribution in [3.8, 4) is 0 Å². The van der Waals surface area contributed by atoms with Crippen molar-refractivity contribution < 1.29 is 5.73 Å². The number of quaternary nitrogens is 1. The van der Waals surface area contributed by atoms with E-state index in [1.165, 1.54) is 0 Å². The third-order valence-electron chi connectivity index (χ3n) is 1.15. The molecule has 0 aliphatic rings. The van der Waals surface area contributed by atoms with E-state index in [1.54, 1.807) is 12.3 Å². The fourth-order valence-electron chi connectivity index (χ4n) is 0.736. The molecule has 3 heteroatoms. The molecule has 0 rings (SSSR count). The highest BCUT2D eigenvalue weighted by Gasteiger charge is 1.91. The van der Waals surface area contributed by atoms with Crippen LogP contribution < -0.4 is 17.2 Å². The van der Waals surface area contributed by atoms with Crippen LogP contribution in [0.25, 0.3) is 0 Å². The minimum atomic E-state index is 0.350. The number of nitrogens with two attached hydrogens (primary N) is 2. The second-order valence-electron chi connectivity index (χ2n) is 2.17. The molecule has 0 aliphatic heterocycles. The highest BCUT2D eigenvalue weighted by Crippen LogP contribution is 2.03.